The van der Waals surface area contributed by atoms with Gasteiger partial charge >= 0.3 is 0 Å². The summed E-state index contributed by atoms with van der Waals surface area (Å²) >= 11 is 12.0. The van der Waals surface area contributed by atoms with Crippen LogP contribution in [0, 0.1) is 5.92 Å². The number of rotatable bonds is 5. The molecule has 0 atom stereocenters. The first-order chi connectivity index (χ1) is 9.95. The van der Waals surface area contributed by atoms with E-state index in [-0.39, 0.29) is 5.56 Å². The fourth-order valence-electron chi connectivity index (χ4n) is 1.81. The largest absolute Gasteiger partial charge is 0.493 e. The average molecular weight is 326 g/mol. The van der Waals surface area contributed by atoms with E-state index in [1.54, 1.807) is 29.0 Å². The van der Waals surface area contributed by atoms with Crippen molar-refractivity contribution in [3.63, 3.8) is 0 Å². The highest BCUT2D eigenvalue weighted by atomic mass is 35.5. The summed E-state index contributed by atoms with van der Waals surface area (Å²) in [5, 5.41) is 1.13. The summed E-state index contributed by atoms with van der Waals surface area (Å²) in [4.78, 5) is 12.1. The Balaban J connectivity index is 2.16. The van der Waals surface area contributed by atoms with E-state index >= 15 is 0 Å². The topological polar surface area (TPSA) is 31.2 Å². The lowest BCUT2D eigenvalue weighted by Gasteiger charge is -2.11. The van der Waals surface area contributed by atoms with Crippen LogP contribution in [0.15, 0.2) is 41.3 Å². The molecule has 0 saturated heterocycles. The Hall–Kier alpha value is -1.45. The van der Waals surface area contributed by atoms with Gasteiger partial charge in [0.1, 0.15) is 5.75 Å². The molecule has 0 aliphatic heterocycles. The maximum Gasteiger partial charge on any atom is 0.254 e. The average Bonchev–Trinajstić information content (AvgIpc) is 2.42. The second-order valence-corrected chi connectivity index (χ2v) is 6.11. The first-order valence-electron chi connectivity index (χ1n) is 6.73. The van der Waals surface area contributed by atoms with Crippen LogP contribution in [-0.2, 0) is 6.54 Å². The number of ether oxygens (including phenoxy) is 1. The Morgan fingerprint density at radius 1 is 1.19 bits per heavy atom. The summed E-state index contributed by atoms with van der Waals surface area (Å²) in [5.41, 5.74) is 0.723. The Morgan fingerprint density at radius 2 is 1.95 bits per heavy atom. The van der Waals surface area contributed by atoms with E-state index < -0.39 is 0 Å². The van der Waals surface area contributed by atoms with Crippen LogP contribution in [0.25, 0.3) is 0 Å². The molecule has 0 spiro atoms. The lowest BCUT2D eigenvalue weighted by atomic mass is 10.2. The predicted octanol–water partition coefficient (Wildman–Crippen LogP) is 4.24. The molecular formula is C16H17Cl2NO2. The molecule has 21 heavy (non-hydrogen) atoms. The maximum absolute atomic E-state index is 12.1. The van der Waals surface area contributed by atoms with Crippen LogP contribution < -0.4 is 10.3 Å². The minimum atomic E-state index is -0.123. The lowest BCUT2D eigenvalue weighted by molar-refractivity contribution is 0.270. The molecule has 0 unspecified atom stereocenters. The van der Waals surface area contributed by atoms with E-state index in [0.717, 1.165) is 5.56 Å². The third kappa shape index (κ3) is 4.51. The first-order valence-corrected chi connectivity index (χ1v) is 7.48. The molecule has 1 aromatic carbocycles. The standard InChI is InChI=1S/C16H17Cl2NO2/c1-11(2)10-21-14-5-6-19(16(20)8-14)9-12-3-4-13(17)7-15(12)18/h3-8,11H,9-10H2,1-2H3. The van der Waals surface area contributed by atoms with Crippen molar-refractivity contribution in [3.8, 4) is 5.75 Å². The van der Waals surface area contributed by atoms with Gasteiger partial charge in [-0.15, -0.1) is 0 Å². The van der Waals surface area contributed by atoms with Gasteiger partial charge in [0, 0.05) is 22.3 Å². The molecule has 2 aromatic rings. The van der Waals surface area contributed by atoms with Crippen LogP contribution >= 0.6 is 23.2 Å². The van der Waals surface area contributed by atoms with Crippen molar-refractivity contribution < 1.29 is 4.74 Å². The fraction of sp³-hybridized carbons (Fsp3) is 0.312. The smallest absolute Gasteiger partial charge is 0.254 e. The maximum atomic E-state index is 12.1. The second kappa shape index (κ2) is 7.01. The Morgan fingerprint density at radius 3 is 2.57 bits per heavy atom. The highest BCUT2D eigenvalue weighted by molar-refractivity contribution is 6.35. The summed E-state index contributed by atoms with van der Waals surface area (Å²) in [6, 6.07) is 8.53. The number of nitrogens with zero attached hydrogens (tertiary/aromatic N) is 1. The first kappa shape index (κ1) is 15.9. The monoisotopic (exact) mass is 325 g/mol. The molecule has 0 amide bonds. The van der Waals surface area contributed by atoms with Gasteiger partial charge in [-0.2, -0.15) is 0 Å². The van der Waals surface area contributed by atoms with E-state index in [1.165, 1.54) is 6.07 Å². The SMILES string of the molecule is CC(C)COc1ccn(Cc2ccc(Cl)cc2Cl)c(=O)c1. The van der Waals surface area contributed by atoms with Gasteiger partial charge in [-0.25, -0.2) is 0 Å². The van der Waals surface area contributed by atoms with Crippen molar-refractivity contribution in [3.05, 3.63) is 62.5 Å². The van der Waals surface area contributed by atoms with Crippen molar-refractivity contribution in [1.82, 2.24) is 4.57 Å². The minimum Gasteiger partial charge on any atom is -0.493 e. The van der Waals surface area contributed by atoms with Crippen LogP contribution in [0.4, 0.5) is 0 Å². The molecule has 0 saturated carbocycles. The molecule has 0 aliphatic rings. The fourth-order valence-corrected chi connectivity index (χ4v) is 2.27. The molecule has 1 aromatic heterocycles. The van der Waals surface area contributed by atoms with Gasteiger partial charge in [0.15, 0.2) is 0 Å². The van der Waals surface area contributed by atoms with E-state index in [2.05, 4.69) is 13.8 Å². The quantitative estimate of drug-likeness (QED) is 0.823. The van der Waals surface area contributed by atoms with E-state index in [1.807, 2.05) is 6.07 Å². The van der Waals surface area contributed by atoms with Gasteiger partial charge in [0.05, 0.1) is 13.2 Å². The van der Waals surface area contributed by atoms with Gasteiger partial charge in [-0.05, 0) is 29.7 Å². The Bertz CT molecular complexity index is 680. The van der Waals surface area contributed by atoms with Gasteiger partial charge in [-0.1, -0.05) is 43.1 Å². The Kier molecular flexibility index (Phi) is 5.32. The number of benzene rings is 1. The van der Waals surface area contributed by atoms with E-state index in [4.69, 9.17) is 27.9 Å². The molecule has 0 bridgehead atoms. The van der Waals surface area contributed by atoms with Gasteiger partial charge < -0.3 is 9.30 Å². The number of hydrogen-bond acceptors (Lipinski definition) is 2. The van der Waals surface area contributed by atoms with Crippen LogP contribution in [0.5, 0.6) is 5.75 Å². The van der Waals surface area contributed by atoms with Crippen molar-refractivity contribution in [2.24, 2.45) is 5.92 Å². The summed E-state index contributed by atoms with van der Waals surface area (Å²) < 4.78 is 7.12. The van der Waals surface area contributed by atoms with Crippen molar-refractivity contribution in [2.45, 2.75) is 20.4 Å². The zero-order valence-corrected chi connectivity index (χ0v) is 13.5. The van der Waals surface area contributed by atoms with E-state index in [0.29, 0.717) is 34.9 Å². The van der Waals surface area contributed by atoms with E-state index in [9.17, 15) is 4.79 Å². The second-order valence-electron chi connectivity index (χ2n) is 5.27. The molecule has 0 fully saturated rings. The van der Waals surface area contributed by atoms with Gasteiger partial charge in [-0.3, -0.25) is 4.79 Å². The molecular weight excluding hydrogens is 309 g/mol. The number of halogens is 2. The summed E-state index contributed by atoms with van der Waals surface area (Å²) in [6.07, 6.45) is 1.71. The highest BCUT2D eigenvalue weighted by Gasteiger charge is 2.05. The van der Waals surface area contributed by atoms with Crippen molar-refractivity contribution in [2.75, 3.05) is 6.61 Å². The molecule has 0 N–H and O–H groups in total. The molecule has 0 aliphatic carbocycles. The van der Waals surface area contributed by atoms with Gasteiger partial charge in [0.2, 0.25) is 0 Å². The predicted molar refractivity (Wildman–Crippen MR) is 86.6 cm³/mol. The minimum absolute atomic E-state index is 0.123. The van der Waals surface area contributed by atoms with Crippen molar-refractivity contribution in [1.29, 1.82) is 0 Å². The zero-order chi connectivity index (χ0) is 15.4. The molecule has 112 valence electrons. The molecule has 3 nitrogen and oxygen atoms in total. The summed E-state index contributed by atoms with van der Waals surface area (Å²) in [7, 11) is 0. The Labute approximate surface area is 134 Å². The normalized spacial score (nSPS) is 10.9. The number of aromatic nitrogens is 1. The van der Waals surface area contributed by atoms with Crippen LogP contribution in [-0.4, -0.2) is 11.2 Å². The lowest BCUT2D eigenvalue weighted by Crippen LogP contribution is -2.19. The van der Waals surface area contributed by atoms with Crippen LogP contribution in [0.1, 0.15) is 19.4 Å². The van der Waals surface area contributed by atoms with Crippen molar-refractivity contribution >= 4 is 23.2 Å². The van der Waals surface area contributed by atoms with Gasteiger partial charge in [0.25, 0.3) is 5.56 Å². The third-order valence-corrected chi connectivity index (χ3v) is 3.49. The molecule has 2 rings (SSSR count). The number of pyridine rings is 1. The van der Waals surface area contributed by atoms with Crippen LogP contribution in [0.3, 0.4) is 0 Å². The summed E-state index contributed by atoms with van der Waals surface area (Å²) in [5.74, 6) is 1.01. The molecule has 0 radical (unpaired) electrons. The van der Waals surface area contributed by atoms with Crippen LogP contribution in [0.2, 0.25) is 10.0 Å². The summed E-state index contributed by atoms with van der Waals surface area (Å²) in [6.45, 7) is 5.11. The molecule has 5 heteroatoms. The highest BCUT2D eigenvalue weighted by Crippen LogP contribution is 2.21. The third-order valence-electron chi connectivity index (χ3n) is 2.91. The number of hydrogen-bond donors (Lipinski definition) is 0. The molecule has 1 heterocycles. The zero-order valence-electron chi connectivity index (χ0n) is 12.0.